The number of halogens is 1. The molecular weight excluding hydrogens is 589 g/mol. The number of benzene rings is 5. The van der Waals surface area contributed by atoms with Gasteiger partial charge in [0.25, 0.3) is 0 Å². The van der Waals surface area contributed by atoms with E-state index in [-0.39, 0.29) is 23.1 Å². The minimum Gasteiger partial charge on any atom is -0.761 e. The molecular formula is C39H35FN5O2-. The van der Waals surface area contributed by atoms with Gasteiger partial charge in [0.15, 0.2) is 5.82 Å². The van der Waals surface area contributed by atoms with E-state index >= 15 is 4.39 Å². The second-order valence-electron chi connectivity index (χ2n) is 12.2. The van der Waals surface area contributed by atoms with E-state index in [1.807, 2.05) is 83.0 Å². The molecule has 6 aromatic rings. The lowest BCUT2D eigenvalue weighted by atomic mass is 9.77. The Morgan fingerprint density at radius 3 is 1.94 bits per heavy atom. The van der Waals surface area contributed by atoms with Crippen molar-refractivity contribution in [2.45, 2.75) is 18.4 Å². The van der Waals surface area contributed by atoms with Crippen LogP contribution in [0.3, 0.4) is 0 Å². The first-order valence-electron chi connectivity index (χ1n) is 15.9. The van der Waals surface area contributed by atoms with Gasteiger partial charge >= 0.3 is 0 Å². The van der Waals surface area contributed by atoms with Crippen LogP contribution in [0.5, 0.6) is 0 Å². The van der Waals surface area contributed by atoms with Crippen molar-refractivity contribution in [3.05, 3.63) is 155 Å². The number of fused-ring (bicyclic) bond motifs is 1. The first kappa shape index (κ1) is 30.3. The van der Waals surface area contributed by atoms with E-state index in [0.29, 0.717) is 16.8 Å². The van der Waals surface area contributed by atoms with Crippen molar-refractivity contribution in [1.29, 1.82) is 0 Å². The molecule has 0 spiro atoms. The number of rotatable bonds is 8. The highest BCUT2D eigenvalue weighted by molar-refractivity contribution is 6.02. The van der Waals surface area contributed by atoms with Gasteiger partial charge in [0.1, 0.15) is 11.4 Å². The van der Waals surface area contributed by atoms with Gasteiger partial charge < -0.3 is 20.9 Å². The van der Waals surface area contributed by atoms with E-state index in [0.717, 1.165) is 48.1 Å². The second kappa shape index (κ2) is 12.8. The number of likely N-dealkylation sites (tertiary alicyclic amines) is 1. The Labute approximate surface area is 273 Å². The molecule has 7 rings (SSSR count). The van der Waals surface area contributed by atoms with Crippen LogP contribution in [0.25, 0.3) is 22.0 Å². The quantitative estimate of drug-likeness (QED) is 0.133. The molecule has 0 bridgehead atoms. The van der Waals surface area contributed by atoms with Crippen molar-refractivity contribution in [2.24, 2.45) is 5.92 Å². The van der Waals surface area contributed by atoms with Gasteiger partial charge in [0, 0.05) is 22.6 Å². The van der Waals surface area contributed by atoms with E-state index < -0.39 is 11.4 Å². The van der Waals surface area contributed by atoms with Crippen LogP contribution in [0.2, 0.25) is 0 Å². The van der Waals surface area contributed by atoms with Crippen molar-refractivity contribution < 1.29 is 9.18 Å². The number of hydrogen-bond donors (Lipinski definition) is 2. The summed E-state index contributed by atoms with van der Waals surface area (Å²) in [6.07, 6.45) is 1.52. The van der Waals surface area contributed by atoms with Crippen molar-refractivity contribution in [3.8, 4) is 11.1 Å². The Kier molecular flexibility index (Phi) is 8.28. The number of aromatic nitrogens is 2. The van der Waals surface area contributed by atoms with Crippen LogP contribution in [-0.4, -0.2) is 40.7 Å². The van der Waals surface area contributed by atoms with Crippen molar-refractivity contribution in [3.63, 3.8) is 0 Å². The smallest absolute Gasteiger partial charge is 0.228 e. The van der Waals surface area contributed by atoms with Crippen LogP contribution in [0.15, 0.2) is 127 Å². The highest BCUT2D eigenvalue weighted by Gasteiger charge is 2.41. The predicted octanol–water partition coefficient (Wildman–Crippen LogP) is 7.87. The number of carbonyl (C=O) groups is 1. The molecule has 0 aliphatic carbocycles. The lowest BCUT2D eigenvalue weighted by Crippen LogP contribution is -2.39. The number of hydrogen-bond acceptors (Lipinski definition) is 5. The summed E-state index contributed by atoms with van der Waals surface area (Å²) >= 11 is 0. The van der Waals surface area contributed by atoms with Crippen molar-refractivity contribution in [1.82, 2.24) is 14.7 Å². The van der Waals surface area contributed by atoms with E-state index in [9.17, 15) is 10.0 Å². The summed E-state index contributed by atoms with van der Waals surface area (Å²) in [4.78, 5) is 16.0. The minimum atomic E-state index is -0.933. The number of nitrogens with one attached hydrogen (secondary N) is 2. The second-order valence-corrected chi connectivity index (χ2v) is 12.2. The van der Waals surface area contributed by atoms with Crippen LogP contribution < -0.4 is 10.8 Å². The molecule has 1 aliphatic heterocycles. The SMILES string of the molecule is CN1CCC(C(=O)Nc2nn(C(c3ccccc3)(c3ccccc3)c3ccccc3)c3ccc(-c4cc(N[O-])ccc4F)cc23)CC1. The molecule has 7 nitrogen and oxygen atoms in total. The first-order valence-corrected chi connectivity index (χ1v) is 15.9. The number of nitrogens with zero attached hydrogens (tertiary/aromatic N) is 3. The van der Waals surface area contributed by atoms with E-state index in [1.54, 1.807) is 0 Å². The Bertz CT molecular complexity index is 1910. The van der Waals surface area contributed by atoms with Gasteiger partial charge in [-0.15, -0.1) is 0 Å². The number of piperidine rings is 1. The van der Waals surface area contributed by atoms with E-state index in [4.69, 9.17) is 5.10 Å². The van der Waals surface area contributed by atoms with Crippen LogP contribution in [0, 0.1) is 16.9 Å². The Hall–Kier alpha value is -5.31. The number of carbonyl (C=O) groups excluding carboxylic acids is 1. The standard InChI is InChI=1S/C39H35FN5O2/c1-44-23-21-27(22-24-44)38(46)41-37-34-25-28(33-26-32(43-47)18-19-35(33)40)17-20-36(34)45(42-37)39(29-11-5-2-6-12-29,30-13-7-3-8-14-30)31-15-9-4-10-16-31/h2-20,25-27,43H,21-24H2,1H3,(H,41,42,46)/q-1. The monoisotopic (exact) mass is 624 g/mol. The average molecular weight is 625 g/mol. The Morgan fingerprint density at radius 2 is 1.38 bits per heavy atom. The van der Waals surface area contributed by atoms with E-state index in [2.05, 4.69) is 53.7 Å². The zero-order chi connectivity index (χ0) is 32.4. The maximum absolute atomic E-state index is 15.2. The predicted molar refractivity (Wildman–Crippen MR) is 186 cm³/mol. The summed E-state index contributed by atoms with van der Waals surface area (Å²) in [5.74, 6) is -0.284. The normalized spacial score (nSPS) is 14.3. The third kappa shape index (κ3) is 5.56. The molecule has 1 aliphatic rings. The fraction of sp³-hybridized carbons (Fsp3) is 0.179. The maximum atomic E-state index is 15.2. The summed E-state index contributed by atoms with van der Waals surface area (Å²) in [6.45, 7) is 1.69. The van der Waals surface area contributed by atoms with Gasteiger partial charge in [0.05, 0.1) is 5.52 Å². The van der Waals surface area contributed by atoms with E-state index in [1.165, 1.54) is 18.2 Å². The zero-order valence-electron chi connectivity index (χ0n) is 26.1. The zero-order valence-corrected chi connectivity index (χ0v) is 26.1. The van der Waals surface area contributed by atoms with Gasteiger partial charge in [-0.05, 0) is 85.6 Å². The molecule has 5 aromatic carbocycles. The Balaban J connectivity index is 1.50. The molecule has 1 amide bonds. The molecule has 1 fully saturated rings. The van der Waals surface area contributed by atoms with Crippen molar-refractivity contribution in [2.75, 3.05) is 30.9 Å². The molecule has 8 heteroatoms. The largest absolute Gasteiger partial charge is 0.761 e. The van der Waals surface area contributed by atoms with Gasteiger partial charge in [-0.1, -0.05) is 97.1 Å². The summed E-state index contributed by atoms with van der Waals surface area (Å²) in [6, 6.07) is 40.4. The minimum absolute atomic E-state index is 0.0801. The third-order valence-corrected chi connectivity index (χ3v) is 9.30. The van der Waals surface area contributed by atoms with Crippen molar-refractivity contribution >= 4 is 28.3 Å². The first-order chi connectivity index (χ1) is 23.0. The molecule has 0 radical (unpaired) electrons. The number of anilines is 2. The van der Waals surface area contributed by atoms with Crippen LogP contribution in [0.1, 0.15) is 29.5 Å². The maximum Gasteiger partial charge on any atom is 0.228 e. The number of amides is 1. The average Bonchev–Trinajstić information content (AvgIpc) is 3.48. The molecule has 2 heterocycles. The Morgan fingerprint density at radius 1 is 0.809 bits per heavy atom. The molecule has 236 valence electrons. The fourth-order valence-corrected chi connectivity index (χ4v) is 6.84. The lowest BCUT2D eigenvalue weighted by Gasteiger charge is -2.37. The summed E-state index contributed by atoms with van der Waals surface area (Å²) in [5.41, 5.74) is 5.73. The summed E-state index contributed by atoms with van der Waals surface area (Å²) in [5, 5.41) is 20.6. The molecule has 0 unspecified atom stereocenters. The van der Waals surface area contributed by atoms with Gasteiger partial charge in [0.2, 0.25) is 5.91 Å². The van der Waals surface area contributed by atoms with Crippen LogP contribution in [-0.2, 0) is 10.3 Å². The topological polar surface area (TPSA) is 85.2 Å². The van der Waals surface area contributed by atoms with Gasteiger partial charge in [-0.25, -0.2) is 9.07 Å². The van der Waals surface area contributed by atoms with Gasteiger partial charge in [-0.3, -0.25) is 4.79 Å². The lowest BCUT2D eigenvalue weighted by molar-refractivity contribution is -0.121. The molecule has 1 saturated heterocycles. The van der Waals surface area contributed by atoms with Crippen LogP contribution >= 0.6 is 0 Å². The fourth-order valence-electron chi connectivity index (χ4n) is 6.84. The molecule has 0 saturated carbocycles. The highest BCUT2D eigenvalue weighted by atomic mass is 19.1. The molecule has 2 N–H and O–H groups in total. The summed E-state index contributed by atoms with van der Waals surface area (Å²) in [7, 11) is 2.07. The molecule has 47 heavy (non-hydrogen) atoms. The highest BCUT2D eigenvalue weighted by Crippen LogP contribution is 2.44. The molecule has 1 aromatic heterocycles. The van der Waals surface area contributed by atoms with Crippen LogP contribution in [0.4, 0.5) is 15.9 Å². The molecule has 0 atom stereocenters. The third-order valence-electron chi connectivity index (χ3n) is 9.30. The summed E-state index contributed by atoms with van der Waals surface area (Å²) < 4.78 is 17.2. The van der Waals surface area contributed by atoms with Gasteiger partial charge in [-0.2, -0.15) is 5.10 Å².